The first-order chi connectivity index (χ1) is 10.6. The molecule has 2 aromatic carbocycles. The molecule has 116 valence electrons. The van der Waals surface area contributed by atoms with E-state index in [0.717, 1.165) is 17.7 Å². The van der Waals surface area contributed by atoms with E-state index in [4.69, 9.17) is 0 Å². The topological polar surface area (TPSA) is 49.3 Å². The van der Waals surface area contributed by atoms with Gasteiger partial charge in [-0.25, -0.2) is 8.78 Å². The van der Waals surface area contributed by atoms with Gasteiger partial charge < -0.3 is 10.4 Å². The third kappa shape index (κ3) is 4.36. The molecule has 0 saturated carbocycles. The molecule has 0 fully saturated rings. The van der Waals surface area contributed by atoms with Crippen molar-refractivity contribution in [3.05, 3.63) is 71.3 Å². The van der Waals surface area contributed by atoms with Gasteiger partial charge in [-0.1, -0.05) is 36.4 Å². The van der Waals surface area contributed by atoms with E-state index in [0.29, 0.717) is 6.42 Å². The van der Waals surface area contributed by atoms with Gasteiger partial charge in [-0.2, -0.15) is 0 Å². The van der Waals surface area contributed by atoms with Gasteiger partial charge in [0.2, 0.25) is 5.91 Å². The van der Waals surface area contributed by atoms with E-state index in [1.807, 2.05) is 30.3 Å². The van der Waals surface area contributed by atoms with Crippen LogP contribution in [0.25, 0.3) is 0 Å². The molecule has 0 aromatic heterocycles. The minimum absolute atomic E-state index is 0.231. The Hall–Kier alpha value is -2.27. The van der Waals surface area contributed by atoms with E-state index < -0.39 is 23.3 Å². The lowest BCUT2D eigenvalue weighted by Gasteiger charge is -2.14. The number of hydrogen-bond acceptors (Lipinski definition) is 2. The number of rotatable bonds is 6. The van der Waals surface area contributed by atoms with E-state index in [1.165, 1.54) is 6.07 Å². The van der Waals surface area contributed by atoms with Crippen molar-refractivity contribution in [2.75, 3.05) is 6.54 Å². The van der Waals surface area contributed by atoms with Crippen molar-refractivity contribution in [1.82, 2.24) is 5.32 Å². The number of carbonyl (C=O) groups is 1. The highest BCUT2D eigenvalue weighted by Gasteiger charge is 2.18. The Labute approximate surface area is 127 Å². The van der Waals surface area contributed by atoms with Crippen LogP contribution < -0.4 is 5.32 Å². The molecule has 0 radical (unpaired) electrons. The first kappa shape index (κ1) is 16.1. The van der Waals surface area contributed by atoms with Gasteiger partial charge in [-0.15, -0.1) is 0 Å². The number of halogens is 2. The molecular weight excluding hydrogens is 288 g/mol. The minimum atomic E-state index is -1.41. The predicted molar refractivity (Wildman–Crippen MR) is 79.1 cm³/mol. The Balaban J connectivity index is 1.83. The highest BCUT2D eigenvalue weighted by Crippen LogP contribution is 2.19. The van der Waals surface area contributed by atoms with Crippen molar-refractivity contribution in [3.63, 3.8) is 0 Å². The van der Waals surface area contributed by atoms with Gasteiger partial charge in [0.25, 0.3) is 0 Å². The van der Waals surface area contributed by atoms with Gasteiger partial charge in [0, 0.05) is 13.0 Å². The minimum Gasteiger partial charge on any atom is -0.386 e. The molecule has 0 aliphatic heterocycles. The summed E-state index contributed by atoms with van der Waals surface area (Å²) in [5, 5.41) is 12.3. The van der Waals surface area contributed by atoms with Crippen molar-refractivity contribution in [2.24, 2.45) is 0 Å². The van der Waals surface area contributed by atoms with Crippen LogP contribution in [0.4, 0.5) is 8.78 Å². The van der Waals surface area contributed by atoms with Crippen LogP contribution in [0.1, 0.15) is 23.7 Å². The fraction of sp³-hybridized carbons (Fsp3) is 0.235. The summed E-state index contributed by atoms with van der Waals surface area (Å²) in [7, 11) is 0. The van der Waals surface area contributed by atoms with Crippen molar-refractivity contribution >= 4 is 5.91 Å². The molecular formula is C17H17F2NO2. The second-order valence-corrected chi connectivity index (χ2v) is 4.94. The average molecular weight is 305 g/mol. The van der Waals surface area contributed by atoms with Crippen LogP contribution in [-0.4, -0.2) is 17.6 Å². The number of carbonyl (C=O) groups excluding carboxylic acids is 1. The largest absolute Gasteiger partial charge is 0.386 e. The number of benzene rings is 2. The molecule has 1 atom stereocenters. The first-order valence-corrected chi connectivity index (χ1v) is 7.00. The Bertz CT molecular complexity index is 612. The Morgan fingerprint density at radius 2 is 1.68 bits per heavy atom. The number of aryl methyl sites for hydroxylation is 1. The fourth-order valence-corrected chi connectivity index (χ4v) is 2.13. The Morgan fingerprint density at radius 3 is 2.32 bits per heavy atom. The molecule has 1 unspecified atom stereocenters. The quantitative estimate of drug-likeness (QED) is 0.862. The van der Waals surface area contributed by atoms with Crippen LogP contribution in [0.15, 0.2) is 48.5 Å². The van der Waals surface area contributed by atoms with Crippen molar-refractivity contribution < 1.29 is 18.7 Å². The molecule has 0 heterocycles. The molecule has 2 N–H and O–H groups in total. The standard InChI is InChI=1S/C17H17F2NO2/c18-13-7-4-8-14(19)17(13)15(21)11-20-16(22)10-9-12-5-2-1-3-6-12/h1-8,15,21H,9-11H2,(H,20,22). The second-order valence-electron chi connectivity index (χ2n) is 4.94. The summed E-state index contributed by atoms with van der Waals surface area (Å²) in [6.45, 7) is -0.231. The zero-order valence-electron chi connectivity index (χ0n) is 11.9. The highest BCUT2D eigenvalue weighted by atomic mass is 19.1. The van der Waals surface area contributed by atoms with Crippen molar-refractivity contribution in [1.29, 1.82) is 0 Å². The Morgan fingerprint density at radius 1 is 1.05 bits per heavy atom. The fourth-order valence-electron chi connectivity index (χ4n) is 2.13. The predicted octanol–water partition coefficient (Wildman–Crippen LogP) is 2.75. The number of amides is 1. The van der Waals surface area contributed by atoms with E-state index >= 15 is 0 Å². The molecule has 0 saturated heterocycles. The number of hydrogen-bond donors (Lipinski definition) is 2. The summed E-state index contributed by atoms with van der Waals surface area (Å²) in [5.41, 5.74) is 0.601. The average Bonchev–Trinajstić information content (AvgIpc) is 2.52. The van der Waals surface area contributed by atoms with Crippen LogP contribution >= 0.6 is 0 Å². The summed E-state index contributed by atoms with van der Waals surface area (Å²) < 4.78 is 27.0. The maximum atomic E-state index is 13.5. The second kappa shape index (κ2) is 7.66. The van der Waals surface area contributed by atoms with Gasteiger partial charge >= 0.3 is 0 Å². The SMILES string of the molecule is O=C(CCc1ccccc1)NCC(O)c1c(F)cccc1F. The number of nitrogens with one attached hydrogen (secondary N) is 1. The number of aliphatic hydroxyl groups is 1. The molecule has 0 spiro atoms. The lowest BCUT2D eigenvalue weighted by atomic mass is 10.1. The van der Waals surface area contributed by atoms with Gasteiger partial charge in [0.15, 0.2) is 0 Å². The summed E-state index contributed by atoms with van der Waals surface area (Å²) in [6.07, 6.45) is -0.602. The van der Waals surface area contributed by atoms with Crippen molar-refractivity contribution in [3.8, 4) is 0 Å². The van der Waals surface area contributed by atoms with Gasteiger partial charge in [-0.05, 0) is 24.1 Å². The first-order valence-electron chi connectivity index (χ1n) is 7.00. The van der Waals surface area contributed by atoms with Gasteiger partial charge in [0.05, 0.1) is 5.56 Å². The van der Waals surface area contributed by atoms with E-state index in [9.17, 15) is 18.7 Å². The van der Waals surface area contributed by atoms with Crippen LogP contribution in [0, 0.1) is 11.6 Å². The van der Waals surface area contributed by atoms with Gasteiger partial charge in [0.1, 0.15) is 17.7 Å². The summed E-state index contributed by atoms with van der Waals surface area (Å²) >= 11 is 0. The molecule has 2 rings (SSSR count). The molecule has 0 bridgehead atoms. The molecule has 2 aromatic rings. The van der Waals surface area contributed by atoms with Crippen LogP contribution in [0.2, 0.25) is 0 Å². The number of aliphatic hydroxyl groups excluding tert-OH is 1. The van der Waals surface area contributed by atoms with E-state index in [-0.39, 0.29) is 18.9 Å². The third-order valence-corrected chi connectivity index (χ3v) is 3.31. The van der Waals surface area contributed by atoms with Crippen LogP contribution in [0.5, 0.6) is 0 Å². The van der Waals surface area contributed by atoms with E-state index in [2.05, 4.69) is 5.32 Å². The highest BCUT2D eigenvalue weighted by molar-refractivity contribution is 5.76. The maximum absolute atomic E-state index is 13.5. The zero-order chi connectivity index (χ0) is 15.9. The molecule has 5 heteroatoms. The molecule has 22 heavy (non-hydrogen) atoms. The van der Waals surface area contributed by atoms with Crippen LogP contribution in [0.3, 0.4) is 0 Å². The normalized spacial score (nSPS) is 12.0. The molecule has 3 nitrogen and oxygen atoms in total. The summed E-state index contributed by atoms with van der Waals surface area (Å²) in [6, 6.07) is 12.9. The summed E-state index contributed by atoms with van der Waals surface area (Å²) in [4.78, 5) is 11.7. The third-order valence-electron chi connectivity index (χ3n) is 3.31. The smallest absolute Gasteiger partial charge is 0.220 e. The lowest BCUT2D eigenvalue weighted by molar-refractivity contribution is -0.121. The Kier molecular flexibility index (Phi) is 5.61. The lowest BCUT2D eigenvalue weighted by Crippen LogP contribution is -2.29. The monoisotopic (exact) mass is 305 g/mol. The van der Waals surface area contributed by atoms with Gasteiger partial charge in [-0.3, -0.25) is 4.79 Å². The van der Waals surface area contributed by atoms with Crippen LogP contribution in [-0.2, 0) is 11.2 Å². The zero-order valence-corrected chi connectivity index (χ0v) is 11.9. The summed E-state index contributed by atoms with van der Waals surface area (Å²) in [5.74, 6) is -1.93. The van der Waals surface area contributed by atoms with Crippen molar-refractivity contribution in [2.45, 2.75) is 18.9 Å². The van der Waals surface area contributed by atoms with E-state index in [1.54, 1.807) is 0 Å². The molecule has 0 aliphatic rings. The molecule has 0 aliphatic carbocycles. The molecule has 1 amide bonds. The maximum Gasteiger partial charge on any atom is 0.220 e.